The van der Waals surface area contributed by atoms with Gasteiger partial charge in [0.05, 0.1) is 6.10 Å². The summed E-state index contributed by atoms with van der Waals surface area (Å²) >= 11 is 0. The topological polar surface area (TPSA) is 45.5 Å². The van der Waals surface area contributed by atoms with E-state index in [9.17, 15) is 9.90 Å². The monoisotopic (exact) mass is 304 g/mol. The number of likely N-dealkylation sites (tertiary alicyclic amines) is 1. The van der Waals surface area contributed by atoms with Crippen LogP contribution < -0.4 is 0 Å². The van der Waals surface area contributed by atoms with Crippen molar-refractivity contribution in [3.05, 3.63) is 24.0 Å². The lowest BCUT2D eigenvalue weighted by atomic mass is 9.80. The zero-order valence-electron chi connectivity index (χ0n) is 13.7. The van der Waals surface area contributed by atoms with Crippen molar-refractivity contribution in [2.45, 2.75) is 70.6 Å². The zero-order chi connectivity index (χ0) is 15.7. The molecule has 1 saturated heterocycles. The van der Waals surface area contributed by atoms with Gasteiger partial charge >= 0.3 is 0 Å². The lowest BCUT2D eigenvalue weighted by Crippen LogP contribution is -2.45. The van der Waals surface area contributed by atoms with Gasteiger partial charge in [0.25, 0.3) is 5.91 Å². The highest BCUT2D eigenvalue weighted by Gasteiger charge is 2.39. The summed E-state index contributed by atoms with van der Waals surface area (Å²) in [6, 6.07) is 4.39. The van der Waals surface area contributed by atoms with Crippen LogP contribution in [0.1, 0.15) is 68.9 Å². The second-order valence-electron chi connectivity index (χ2n) is 7.12. The van der Waals surface area contributed by atoms with Crippen molar-refractivity contribution in [1.82, 2.24) is 9.47 Å². The second-order valence-corrected chi connectivity index (χ2v) is 7.12. The Morgan fingerprint density at radius 1 is 1.23 bits per heavy atom. The molecule has 1 saturated carbocycles. The van der Waals surface area contributed by atoms with Gasteiger partial charge in [0.2, 0.25) is 0 Å². The van der Waals surface area contributed by atoms with Crippen molar-refractivity contribution >= 4 is 5.91 Å². The lowest BCUT2D eigenvalue weighted by Gasteiger charge is -2.37. The normalized spacial score (nSPS) is 29.3. The summed E-state index contributed by atoms with van der Waals surface area (Å²) in [6.07, 6.45) is 8.10. The summed E-state index contributed by atoms with van der Waals surface area (Å²) in [6.45, 7) is 5.03. The van der Waals surface area contributed by atoms with Gasteiger partial charge in [0.15, 0.2) is 0 Å². The molecule has 0 aromatic carbocycles. The Balaban J connectivity index is 1.80. The van der Waals surface area contributed by atoms with Crippen LogP contribution in [0.4, 0.5) is 0 Å². The highest BCUT2D eigenvalue weighted by atomic mass is 16.3. The van der Waals surface area contributed by atoms with Crippen molar-refractivity contribution in [2.24, 2.45) is 5.92 Å². The number of nitrogens with zero attached hydrogens (tertiary/aromatic N) is 2. The first-order valence-electron chi connectivity index (χ1n) is 8.75. The highest BCUT2D eigenvalue weighted by molar-refractivity contribution is 5.93. The minimum atomic E-state index is -0.232. The molecule has 0 radical (unpaired) electrons. The average Bonchev–Trinajstić information content (AvgIpc) is 3.16. The van der Waals surface area contributed by atoms with E-state index >= 15 is 0 Å². The molecule has 1 aliphatic carbocycles. The summed E-state index contributed by atoms with van der Waals surface area (Å²) in [5, 5.41) is 10.4. The van der Waals surface area contributed by atoms with Gasteiger partial charge in [-0.05, 0) is 51.7 Å². The fourth-order valence-corrected chi connectivity index (χ4v) is 4.25. The zero-order valence-corrected chi connectivity index (χ0v) is 13.7. The molecule has 0 bridgehead atoms. The molecule has 1 aromatic rings. The van der Waals surface area contributed by atoms with Crippen molar-refractivity contribution in [3.63, 3.8) is 0 Å². The van der Waals surface area contributed by atoms with Crippen LogP contribution in [0.3, 0.4) is 0 Å². The molecule has 3 atom stereocenters. The van der Waals surface area contributed by atoms with Gasteiger partial charge in [0, 0.05) is 30.7 Å². The number of rotatable bonds is 3. The Morgan fingerprint density at radius 2 is 2.00 bits per heavy atom. The number of amides is 1. The molecule has 122 valence electrons. The van der Waals surface area contributed by atoms with E-state index < -0.39 is 0 Å². The highest BCUT2D eigenvalue weighted by Crippen LogP contribution is 2.35. The lowest BCUT2D eigenvalue weighted by molar-refractivity contribution is 0.0207. The van der Waals surface area contributed by atoms with E-state index in [1.165, 1.54) is 6.42 Å². The van der Waals surface area contributed by atoms with Crippen LogP contribution in [0.2, 0.25) is 0 Å². The number of carbonyl (C=O) groups is 1. The summed E-state index contributed by atoms with van der Waals surface area (Å²) < 4.78 is 2.05. The number of aliphatic hydroxyl groups excluding tert-OH is 1. The molecule has 3 rings (SSSR count). The van der Waals surface area contributed by atoms with Crippen molar-refractivity contribution < 1.29 is 9.90 Å². The summed E-state index contributed by atoms with van der Waals surface area (Å²) in [7, 11) is 0. The first kappa shape index (κ1) is 15.6. The smallest absolute Gasteiger partial charge is 0.270 e. The van der Waals surface area contributed by atoms with Crippen molar-refractivity contribution in [1.29, 1.82) is 0 Å². The van der Waals surface area contributed by atoms with E-state index in [2.05, 4.69) is 18.4 Å². The molecule has 2 aliphatic rings. The predicted molar refractivity (Wildman–Crippen MR) is 86.8 cm³/mol. The van der Waals surface area contributed by atoms with Gasteiger partial charge in [-0.1, -0.05) is 12.8 Å². The number of aliphatic hydroxyl groups is 1. The fraction of sp³-hybridized carbons (Fsp3) is 0.722. The Bertz CT molecular complexity index is 523. The third-order valence-corrected chi connectivity index (χ3v) is 5.39. The molecule has 1 aromatic heterocycles. The van der Waals surface area contributed by atoms with Crippen LogP contribution in [-0.2, 0) is 0 Å². The molecular formula is C18H28N2O2. The molecule has 0 unspecified atom stereocenters. The molecule has 1 aliphatic heterocycles. The van der Waals surface area contributed by atoms with E-state index in [1.54, 1.807) is 0 Å². The maximum Gasteiger partial charge on any atom is 0.270 e. The minimum absolute atomic E-state index is 0.138. The Kier molecular flexibility index (Phi) is 4.57. The molecule has 1 amide bonds. The Morgan fingerprint density at radius 3 is 2.73 bits per heavy atom. The van der Waals surface area contributed by atoms with Crippen LogP contribution >= 0.6 is 0 Å². The van der Waals surface area contributed by atoms with E-state index in [-0.39, 0.29) is 30.0 Å². The fourth-order valence-electron chi connectivity index (χ4n) is 4.25. The van der Waals surface area contributed by atoms with Crippen LogP contribution in [0.15, 0.2) is 18.3 Å². The van der Waals surface area contributed by atoms with Crippen LogP contribution in [0.5, 0.6) is 0 Å². The molecule has 4 heteroatoms. The van der Waals surface area contributed by atoms with Crippen LogP contribution in [0.25, 0.3) is 0 Å². The van der Waals surface area contributed by atoms with Gasteiger partial charge in [-0.15, -0.1) is 0 Å². The summed E-state index contributed by atoms with van der Waals surface area (Å²) in [5.74, 6) is 0.404. The standard InChI is InChI=1S/C18H28N2O2/c1-13(2)19-11-6-9-16(19)18(22)20-12-5-8-15(20)14-7-3-4-10-17(14)21/h6,9,11,13-15,17,21H,3-5,7-8,10,12H2,1-2H3/t14-,15+,17+/m0/s1. The molecule has 0 spiro atoms. The van der Waals surface area contributed by atoms with Crippen LogP contribution in [0, 0.1) is 5.92 Å². The largest absolute Gasteiger partial charge is 0.393 e. The van der Waals surface area contributed by atoms with E-state index in [0.717, 1.165) is 44.3 Å². The van der Waals surface area contributed by atoms with Gasteiger partial charge in [-0.25, -0.2) is 0 Å². The maximum atomic E-state index is 13.0. The van der Waals surface area contributed by atoms with Gasteiger partial charge < -0.3 is 14.6 Å². The molecule has 1 N–H and O–H groups in total. The van der Waals surface area contributed by atoms with Gasteiger partial charge in [-0.3, -0.25) is 4.79 Å². The quantitative estimate of drug-likeness (QED) is 0.932. The molecule has 2 heterocycles. The third-order valence-electron chi connectivity index (χ3n) is 5.39. The van der Waals surface area contributed by atoms with Crippen molar-refractivity contribution in [3.8, 4) is 0 Å². The minimum Gasteiger partial charge on any atom is -0.393 e. The van der Waals surface area contributed by atoms with E-state index in [1.807, 2.05) is 23.2 Å². The molecule has 4 nitrogen and oxygen atoms in total. The van der Waals surface area contributed by atoms with Gasteiger partial charge in [-0.2, -0.15) is 0 Å². The Labute approximate surface area is 133 Å². The predicted octanol–water partition coefficient (Wildman–Crippen LogP) is 3.22. The van der Waals surface area contributed by atoms with Crippen LogP contribution in [-0.4, -0.2) is 39.2 Å². The maximum absolute atomic E-state index is 13.0. The average molecular weight is 304 g/mol. The Hall–Kier alpha value is -1.29. The second kappa shape index (κ2) is 6.45. The SMILES string of the molecule is CC(C)n1cccc1C(=O)N1CCC[C@@H]1[C@@H]1CCCC[C@H]1O. The number of carbonyl (C=O) groups excluding carboxylic acids is 1. The van der Waals surface area contributed by atoms with Gasteiger partial charge in [0.1, 0.15) is 5.69 Å². The van der Waals surface area contributed by atoms with E-state index in [4.69, 9.17) is 0 Å². The summed E-state index contributed by atoms with van der Waals surface area (Å²) in [4.78, 5) is 15.1. The number of aromatic nitrogens is 1. The van der Waals surface area contributed by atoms with E-state index in [0.29, 0.717) is 0 Å². The number of hydrogen-bond donors (Lipinski definition) is 1. The molecule has 2 fully saturated rings. The molecule has 22 heavy (non-hydrogen) atoms. The first-order chi connectivity index (χ1) is 10.6. The van der Waals surface area contributed by atoms with Crippen molar-refractivity contribution in [2.75, 3.05) is 6.54 Å². The third kappa shape index (κ3) is 2.81. The first-order valence-corrected chi connectivity index (χ1v) is 8.75. The number of hydrogen-bond acceptors (Lipinski definition) is 2. The summed E-state index contributed by atoms with van der Waals surface area (Å²) in [5.41, 5.74) is 0.784. The molecular weight excluding hydrogens is 276 g/mol.